The monoisotopic (exact) mass is 483 g/mol. The number of hydrogen-bond donors (Lipinski definition) is 2. The van der Waals surface area contributed by atoms with Crippen molar-refractivity contribution in [2.45, 2.75) is 40.0 Å². The second-order valence-electron chi connectivity index (χ2n) is 6.25. The average molecular weight is 483 g/mol. The summed E-state index contributed by atoms with van der Waals surface area (Å²) in [5.74, 6) is 2.26. The van der Waals surface area contributed by atoms with Crippen LogP contribution in [0.3, 0.4) is 0 Å². The topological polar surface area (TPSA) is 54.9 Å². The van der Waals surface area contributed by atoms with Gasteiger partial charge < -0.3 is 20.1 Å². The van der Waals surface area contributed by atoms with Crippen LogP contribution in [0.2, 0.25) is 0 Å². The van der Waals surface area contributed by atoms with Crippen LogP contribution in [0, 0.1) is 0 Å². The quantitative estimate of drug-likeness (QED) is 0.333. The minimum absolute atomic E-state index is 0. The summed E-state index contributed by atoms with van der Waals surface area (Å²) in [6, 6.07) is 16.3. The van der Waals surface area contributed by atoms with Gasteiger partial charge >= 0.3 is 0 Å². The molecule has 2 aromatic carbocycles. The van der Waals surface area contributed by atoms with E-state index in [-0.39, 0.29) is 24.0 Å². The highest BCUT2D eigenvalue weighted by molar-refractivity contribution is 14.0. The molecule has 0 atom stereocenters. The Labute approximate surface area is 179 Å². The highest BCUT2D eigenvalue weighted by Crippen LogP contribution is 2.29. The standard InChI is InChI=1S/C21H29N3O2.HI/c1-5-22-21(24-16(2)3)23-14-18-11-12-19(20(13-18)25-4)26-15-17-9-7-6-8-10-17;/h6-13,16H,5,14-15H2,1-4H3,(H2,22,23,24);1H. The Morgan fingerprint density at radius 2 is 1.78 bits per heavy atom. The van der Waals surface area contributed by atoms with Gasteiger partial charge in [-0.15, -0.1) is 24.0 Å². The number of rotatable bonds is 8. The first kappa shape index (κ1) is 23.1. The number of halogens is 1. The van der Waals surface area contributed by atoms with Gasteiger partial charge in [-0.25, -0.2) is 4.99 Å². The highest BCUT2D eigenvalue weighted by atomic mass is 127. The van der Waals surface area contributed by atoms with Crippen molar-refractivity contribution in [1.82, 2.24) is 10.6 Å². The summed E-state index contributed by atoms with van der Waals surface area (Å²) < 4.78 is 11.4. The smallest absolute Gasteiger partial charge is 0.191 e. The maximum absolute atomic E-state index is 5.90. The maximum Gasteiger partial charge on any atom is 0.191 e. The molecular formula is C21H30IN3O2. The lowest BCUT2D eigenvalue weighted by Crippen LogP contribution is -2.40. The van der Waals surface area contributed by atoms with E-state index in [0.717, 1.165) is 35.1 Å². The second kappa shape index (κ2) is 12.4. The predicted molar refractivity (Wildman–Crippen MR) is 122 cm³/mol. The van der Waals surface area contributed by atoms with E-state index in [9.17, 15) is 0 Å². The van der Waals surface area contributed by atoms with Gasteiger partial charge in [0, 0.05) is 12.6 Å². The van der Waals surface area contributed by atoms with Gasteiger partial charge in [-0.2, -0.15) is 0 Å². The Hall–Kier alpha value is -1.96. The molecule has 0 aliphatic carbocycles. The summed E-state index contributed by atoms with van der Waals surface area (Å²) >= 11 is 0. The number of methoxy groups -OCH3 is 1. The molecule has 0 spiro atoms. The zero-order valence-electron chi connectivity index (χ0n) is 16.5. The van der Waals surface area contributed by atoms with E-state index in [2.05, 4.69) is 36.4 Å². The van der Waals surface area contributed by atoms with Crippen molar-refractivity contribution < 1.29 is 9.47 Å². The number of nitrogens with one attached hydrogen (secondary N) is 2. The minimum atomic E-state index is 0. The SMILES string of the molecule is CCNC(=NCc1ccc(OCc2ccccc2)c(OC)c1)NC(C)C.I. The molecule has 2 rings (SSSR count). The van der Waals surface area contributed by atoms with E-state index in [0.29, 0.717) is 19.2 Å². The Kier molecular flexibility index (Phi) is 10.6. The van der Waals surface area contributed by atoms with E-state index in [4.69, 9.17) is 9.47 Å². The van der Waals surface area contributed by atoms with E-state index < -0.39 is 0 Å². The van der Waals surface area contributed by atoms with Gasteiger partial charge in [-0.3, -0.25) is 0 Å². The summed E-state index contributed by atoms with van der Waals surface area (Å²) in [4.78, 5) is 4.62. The zero-order chi connectivity index (χ0) is 18.8. The zero-order valence-corrected chi connectivity index (χ0v) is 18.8. The molecule has 0 saturated heterocycles. The van der Waals surface area contributed by atoms with Crippen LogP contribution in [0.25, 0.3) is 0 Å². The third-order valence-electron chi connectivity index (χ3n) is 3.65. The predicted octanol–water partition coefficient (Wildman–Crippen LogP) is 4.36. The summed E-state index contributed by atoms with van der Waals surface area (Å²) in [5, 5.41) is 6.56. The summed E-state index contributed by atoms with van der Waals surface area (Å²) in [6.07, 6.45) is 0. The number of guanidine groups is 1. The maximum atomic E-state index is 5.90. The molecule has 0 aliphatic rings. The van der Waals surface area contributed by atoms with Crippen LogP contribution in [0.15, 0.2) is 53.5 Å². The molecule has 5 nitrogen and oxygen atoms in total. The number of aliphatic imine (C=N–C) groups is 1. The van der Waals surface area contributed by atoms with Crippen molar-refractivity contribution in [2.75, 3.05) is 13.7 Å². The van der Waals surface area contributed by atoms with Gasteiger partial charge in [0.15, 0.2) is 17.5 Å². The fourth-order valence-electron chi connectivity index (χ4n) is 2.43. The van der Waals surface area contributed by atoms with Gasteiger partial charge in [0.25, 0.3) is 0 Å². The summed E-state index contributed by atoms with van der Waals surface area (Å²) in [7, 11) is 1.65. The van der Waals surface area contributed by atoms with Gasteiger partial charge in [-0.1, -0.05) is 36.4 Å². The first-order valence-corrected chi connectivity index (χ1v) is 9.00. The molecule has 2 N–H and O–H groups in total. The van der Waals surface area contributed by atoms with Crippen LogP contribution in [0.1, 0.15) is 31.9 Å². The molecule has 0 saturated carbocycles. The van der Waals surface area contributed by atoms with Crippen molar-refractivity contribution in [2.24, 2.45) is 4.99 Å². The molecule has 0 amide bonds. The normalized spacial score (nSPS) is 10.9. The van der Waals surface area contributed by atoms with Crippen LogP contribution in [0.5, 0.6) is 11.5 Å². The van der Waals surface area contributed by atoms with Gasteiger partial charge in [0.05, 0.1) is 13.7 Å². The van der Waals surface area contributed by atoms with Crippen LogP contribution in [-0.2, 0) is 13.2 Å². The van der Waals surface area contributed by atoms with Gasteiger partial charge in [-0.05, 0) is 44.0 Å². The van der Waals surface area contributed by atoms with Crippen LogP contribution in [0.4, 0.5) is 0 Å². The first-order chi connectivity index (χ1) is 12.6. The largest absolute Gasteiger partial charge is 0.493 e. The van der Waals surface area contributed by atoms with Crippen molar-refractivity contribution in [3.8, 4) is 11.5 Å². The lowest BCUT2D eigenvalue weighted by atomic mass is 10.2. The van der Waals surface area contributed by atoms with E-state index in [1.165, 1.54) is 0 Å². The van der Waals surface area contributed by atoms with Crippen molar-refractivity contribution in [3.05, 3.63) is 59.7 Å². The Bertz CT molecular complexity index is 706. The lowest BCUT2D eigenvalue weighted by molar-refractivity contribution is 0.284. The molecular weight excluding hydrogens is 453 g/mol. The van der Waals surface area contributed by atoms with Crippen molar-refractivity contribution in [1.29, 1.82) is 0 Å². The summed E-state index contributed by atoms with van der Waals surface area (Å²) in [6.45, 7) is 8.14. The average Bonchev–Trinajstić information content (AvgIpc) is 2.65. The van der Waals surface area contributed by atoms with Crippen LogP contribution >= 0.6 is 24.0 Å². The van der Waals surface area contributed by atoms with Crippen LogP contribution < -0.4 is 20.1 Å². The fourth-order valence-corrected chi connectivity index (χ4v) is 2.43. The summed E-state index contributed by atoms with van der Waals surface area (Å²) in [5.41, 5.74) is 2.19. The molecule has 0 unspecified atom stereocenters. The molecule has 0 aliphatic heterocycles. The Morgan fingerprint density at radius 1 is 1.04 bits per heavy atom. The molecule has 2 aromatic rings. The lowest BCUT2D eigenvalue weighted by Gasteiger charge is -2.14. The van der Waals surface area contributed by atoms with Crippen molar-refractivity contribution in [3.63, 3.8) is 0 Å². The highest BCUT2D eigenvalue weighted by Gasteiger charge is 2.07. The number of hydrogen-bond acceptors (Lipinski definition) is 3. The third-order valence-corrected chi connectivity index (χ3v) is 3.65. The molecule has 0 aromatic heterocycles. The number of ether oxygens (including phenoxy) is 2. The van der Waals surface area contributed by atoms with E-state index >= 15 is 0 Å². The van der Waals surface area contributed by atoms with Gasteiger partial charge in [0.1, 0.15) is 6.61 Å². The molecule has 0 heterocycles. The van der Waals surface area contributed by atoms with Crippen molar-refractivity contribution >= 4 is 29.9 Å². The fraction of sp³-hybridized carbons (Fsp3) is 0.381. The molecule has 6 heteroatoms. The molecule has 0 bridgehead atoms. The second-order valence-corrected chi connectivity index (χ2v) is 6.25. The molecule has 0 radical (unpaired) electrons. The molecule has 0 fully saturated rings. The third kappa shape index (κ3) is 8.07. The minimum Gasteiger partial charge on any atom is -0.493 e. The molecule has 148 valence electrons. The first-order valence-electron chi connectivity index (χ1n) is 9.00. The van der Waals surface area contributed by atoms with Crippen LogP contribution in [-0.4, -0.2) is 25.7 Å². The molecule has 27 heavy (non-hydrogen) atoms. The van der Waals surface area contributed by atoms with Gasteiger partial charge in [0.2, 0.25) is 0 Å². The number of benzene rings is 2. The number of nitrogens with zero attached hydrogens (tertiary/aromatic N) is 1. The van der Waals surface area contributed by atoms with E-state index in [1.807, 2.05) is 48.5 Å². The Balaban J connectivity index is 0.00000364. The van der Waals surface area contributed by atoms with E-state index in [1.54, 1.807) is 7.11 Å². The Morgan fingerprint density at radius 3 is 2.41 bits per heavy atom.